The number of hydrogen-bond acceptors (Lipinski definition) is 4. The van der Waals surface area contributed by atoms with E-state index >= 15 is 0 Å². The van der Waals surface area contributed by atoms with Gasteiger partial charge in [0, 0.05) is 18.5 Å². The van der Waals surface area contributed by atoms with E-state index in [1.807, 2.05) is 16.3 Å². The van der Waals surface area contributed by atoms with Crippen molar-refractivity contribution in [1.82, 2.24) is 4.90 Å². The maximum atomic E-state index is 12.8. The number of methoxy groups -OCH3 is 1. The van der Waals surface area contributed by atoms with Crippen molar-refractivity contribution < 1.29 is 19.4 Å². The number of ether oxygens (including phenoxy) is 1. The number of carbonyl (C=O) groups excluding carboxylic acids is 1. The van der Waals surface area contributed by atoms with Crippen molar-refractivity contribution in [3.63, 3.8) is 0 Å². The van der Waals surface area contributed by atoms with Gasteiger partial charge in [-0.25, -0.2) is 0 Å². The number of hydrogen-bond donors (Lipinski definition) is 1. The van der Waals surface area contributed by atoms with Crippen LogP contribution in [0.5, 0.6) is 5.75 Å². The Hall–Kier alpha value is -1.56. The number of thiophene rings is 1. The average Bonchev–Trinajstić information content (AvgIpc) is 3.00. The zero-order valence-corrected chi connectivity index (χ0v) is 12.8. The molecule has 0 aliphatic carbocycles. The van der Waals surface area contributed by atoms with Gasteiger partial charge in [0.2, 0.25) is 0 Å². The number of carboxylic acids is 1. The minimum atomic E-state index is -0.737. The summed E-state index contributed by atoms with van der Waals surface area (Å²) < 4.78 is 5.25. The van der Waals surface area contributed by atoms with Crippen molar-refractivity contribution in [3.05, 3.63) is 16.3 Å². The Labute approximate surface area is 127 Å². The number of carbonyl (C=O) groups is 2. The second kappa shape index (κ2) is 5.67. The van der Waals surface area contributed by atoms with Crippen LogP contribution in [0.4, 0.5) is 0 Å². The van der Waals surface area contributed by atoms with Gasteiger partial charge < -0.3 is 14.7 Å². The zero-order valence-electron chi connectivity index (χ0n) is 11.9. The number of aliphatic carboxylic acids is 1. The second-order valence-electron chi connectivity index (χ2n) is 5.85. The van der Waals surface area contributed by atoms with E-state index in [1.165, 1.54) is 11.3 Å². The maximum Gasteiger partial charge on any atom is 0.303 e. The maximum absolute atomic E-state index is 12.8. The van der Waals surface area contributed by atoms with Crippen LogP contribution in [0.25, 0.3) is 0 Å². The van der Waals surface area contributed by atoms with Crippen LogP contribution in [0, 0.1) is 5.92 Å². The minimum Gasteiger partial charge on any atom is -0.495 e. The highest BCUT2D eigenvalue weighted by Crippen LogP contribution is 2.42. The molecule has 6 heteroatoms. The van der Waals surface area contributed by atoms with E-state index in [9.17, 15) is 9.59 Å². The molecule has 21 heavy (non-hydrogen) atoms. The number of piperidine rings is 1. The molecular weight excluding hydrogens is 290 g/mol. The first kappa shape index (κ1) is 14.4. The molecule has 2 unspecified atom stereocenters. The summed E-state index contributed by atoms with van der Waals surface area (Å²) in [6.45, 7) is 0. The molecule has 1 aromatic rings. The van der Waals surface area contributed by atoms with Gasteiger partial charge in [-0.2, -0.15) is 0 Å². The van der Waals surface area contributed by atoms with Gasteiger partial charge in [0.15, 0.2) is 0 Å². The summed E-state index contributed by atoms with van der Waals surface area (Å²) in [5.41, 5.74) is 0. The third-order valence-corrected chi connectivity index (χ3v) is 5.46. The summed E-state index contributed by atoms with van der Waals surface area (Å²) >= 11 is 1.41. The quantitative estimate of drug-likeness (QED) is 0.928. The van der Waals surface area contributed by atoms with Crippen molar-refractivity contribution in [1.29, 1.82) is 0 Å². The molecule has 0 spiro atoms. The third kappa shape index (κ3) is 2.64. The van der Waals surface area contributed by atoms with Crippen LogP contribution in [0.1, 0.15) is 41.8 Å². The van der Waals surface area contributed by atoms with Crippen LogP contribution in [-0.4, -0.2) is 41.1 Å². The highest BCUT2D eigenvalue weighted by atomic mass is 32.1. The summed E-state index contributed by atoms with van der Waals surface area (Å²) in [6, 6.07) is 2.19. The van der Waals surface area contributed by atoms with Crippen molar-refractivity contribution in [3.8, 4) is 5.75 Å². The van der Waals surface area contributed by atoms with Crippen LogP contribution in [0.2, 0.25) is 0 Å². The molecule has 1 N–H and O–H groups in total. The molecule has 5 nitrogen and oxygen atoms in total. The van der Waals surface area contributed by atoms with E-state index in [0.717, 1.165) is 25.7 Å². The van der Waals surface area contributed by atoms with Gasteiger partial charge in [0.05, 0.1) is 7.11 Å². The lowest BCUT2D eigenvalue weighted by Gasteiger charge is -2.38. The third-order valence-electron chi connectivity index (χ3n) is 4.57. The minimum absolute atomic E-state index is 0.0446. The molecule has 0 aromatic carbocycles. The smallest absolute Gasteiger partial charge is 0.303 e. The van der Waals surface area contributed by atoms with E-state index in [-0.39, 0.29) is 30.3 Å². The lowest BCUT2D eigenvalue weighted by Crippen LogP contribution is -2.46. The van der Waals surface area contributed by atoms with Gasteiger partial charge in [-0.3, -0.25) is 9.59 Å². The Morgan fingerprint density at radius 2 is 2.05 bits per heavy atom. The van der Waals surface area contributed by atoms with Crippen molar-refractivity contribution in [2.24, 2.45) is 5.92 Å². The Kier molecular flexibility index (Phi) is 3.89. The fraction of sp³-hybridized carbons (Fsp3) is 0.600. The lowest BCUT2D eigenvalue weighted by molar-refractivity contribution is -0.138. The molecule has 2 fully saturated rings. The van der Waals surface area contributed by atoms with Crippen LogP contribution in [-0.2, 0) is 4.79 Å². The molecule has 2 aliphatic rings. The molecule has 114 valence electrons. The van der Waals surface area contributed by atoms with Gasteiger partial charge in [-0.1, -0.05) is 0 Å². The van der Waals surface area contributed by atoms with Gasteiger partial charge >= 0.3 is 5.97 Å². The topological polar surface area (TPSA) is 66.8 Å². The van der Waals surface area contributed by atoms with E-state index in [0.29, 0.717) is 10.6 Å². The number of nitrogens with zero attached hydrogens (tertiary/aromatic N) is 1. The largest absolute Gasteiger partial charge is 0.495 e. The molecule has 1 aromatic heterocycles. The lowest BCUT2D eigenvalue weighted by atomic mass is 9.88. The van der Waals surface area contributed by atoms with Crippen molar-refractivity contribution >= 4 is 23.2 Å². The second-order valence-corrected chi connectivity index (χ2v) is 6.77. The summed E-state index contributed by atoms with van der Waals surface area (Å²) in [5, 5.41) is 10.8. The van der Waals surface area contributed by atoms with Gasteiger partial charge in [-0.15, -0.1) is 11.3 Å². The molecule has 3 rings (SSSR count). The van der Waals surface area contributed by atoms with Crippen LogP contribution in [0.15, 0.2) is 11.4 Å². The number of carboxylic acid groups (broad SMARTS) is 1. The first-order chi connectivity index (χ1) is 10.1. The Bertz CT molecular complexity index is 542. The fourth-order valence-corrected chi connectivity index (χ4v) is 4.57. The molecule has 0 saturated carbocycles. The predicted molar refractivity (Wildman–Crippen MR) is 78.8 cm³/mol. The van der Waals surface area contributed by atoms with Crippen molar-refractivity contribution in [2.45, 2.75) is 44.2 Å². The highest BCUT2D eigenvalue weighted by Gasteiger charge is 2.44. The number of rotatable bonds is 4. The standard InChI is InChI=1S/C15H19NO4S/c1-20-12-4-5-21-14(12)15(19)16-10-2-3-11(16)7-9(6-10)8-13(17)18/h4-5,9-11H,2-3,6-8H2,1H3,(H,17,18). The first-order valence-corrected chi connectivity index (χ1v) is 8.14. The summed E-state index contributed by atoms with van der Waals surface area (Å²) in [6.07, 6.45) is 3.81. The van der Waals surface area contributed by atoms with E-state index in [2.05, 4.69) is 0 Å². The molecular formula is C15H19NO4S. The molecule has 2 bridgehead atoms. The highest BCUT2D eigenvalue weighted by molar-refractivity contribution is 7.12. The van der Waals surface area contributed by atoms with Gasteiger partial charge in [0.1, 0.15) is 10.6 Å². The summed E-state index contributed by atoms with van der Waals surface area (Å²) in [4.78, 5) is 26.3. The normalized spacial score (nSPS) is 27.7. The fourth-order valence-electron chi connectivity index (χ4n) is 3.77. The van der Waals surface area contributed by atoms with Gasteiger partial charge in [0.25, 0.3) is 5.91 Å². The van der Waals surface area contributed by atoms with E-state index in [4.69, 9.17) is 9.84 Å². The summed E-state index contributed by atoms with van der Waals surface area (Å²) in [7, 11) is 1.58. The van der Waals surface area contributed by atoms with E-state index < -0.39 is 5.97 Å². The first-order valence-electron chi connectivity index (χ1n) is 7.26. The van der Waals surface area contributed by atoms with Gasteiger partial charge in [-0.05, 0) is 43.0 Å². The summed E-state index contributed by atoms with van der Waals surface area (Å²) in [5.74, 6) is 0.147. The van der Waals surface area contributed by atoms with Crippen molar-refractivity contribution in [2.75, 3.05) is 7.11 Å². The molecule has 3 heterocycles. The van der Waals surface area contributed by atoms with Crippen LogP contribution >= 0.6 is 11.3 Å². The molecule has 1 amide bonds. The number of amides is 1. The Balaban J connectivity index is 1.76. The SMILES string of the molecule is COc1ccsc1C(=O)N1C2CCC1CC(CC(=O)O)C2. The molecule has 2 saturated heterocycles. The molecule has 0 radical (unpaired) electrons. The zero-order chi connectivity index (χ0) is 15.0. The molecule has 2 aliphatic heterocycles. The number of fused-ring (bicyclic) bond motifs is 2. The Morgan fingerprint density at radius 1 is 1.38 bits per heavy atom. The van der Waals surface area contributed by atoms with E-state index in [1.54, 1.807) is 7.11 Å². The average molecular weight is 309 g/mol. The van der Waals surface area contributed by atoms with Crippen LogP contribution in [0.3, 0.4) is 0 Å². The predicted octanol–water partition coefficient (Wildman–Crippen LogP) is 2.61. The van der Waals surface area contributed by atoms with Crippen LogP contribution < -0.4 is 4.74 Å². The Morgan fingerprint density at radius 3 is 2.62 bits per heavy atom. The monoisotopic (exact) mass is 309 g/mol. The molecule has 2 atom stereocenters.